The predicted molar refractivity (Wildman–Crippen MR) is 133 cm³/mol. The number of benzene rings is 3. The van der Waals surface area contributed by atoms with Gasteiger partial charge in [0, 0.05) is 25.5 Å². The van der Waals surface area contributed by atoms with Crippen LogP contribution in [-0.2, 0) is 19.7 Å². The fourth-order valence-electron chi connectivity index (χ4n) is 4.55. The van der Waals surface area contributed by atoms with Gasteiger partial charge in [-0.3, -0.25) is 4.79 Å². The Morgan fingerprint density at radius 2 is 1.71 bits per heavy atom. The molecule has 1 atom stereocenters. The van der Waals surface area contributed by atoms with Crippen molar-refractivity contribution in [3.63, 3.8) is 0 Å². The van der Waals surface area contributed by atoms with Crippen molar-refractivity contribution >= 4 is 10.9 Å². The Bertz CT molecular complexity index is 1680. The number of pyridine rings is 1. The van der Waals surface area contributed by atoms with Gasteiger partial charge in [-0.2, -0.15) is 5.26 Å². The second-order valence-electron chi connectivity index (χ2n) is 8.53. The normalized spacial score (nSPS) is 12.9. The van der Waals surface area contributed by atoms with Crippen molar-refractivity contribution in [1.82, 2.24) is 14.1 Å². The number of imidazole rings is 1. The molecule has 0 radical (unpaired) electrons. The highest BCUT2D eigenvalue weighted by Crippen LogP contribution is 2.39. The summed E-state index contributed by atoms with van der Waals surface area (Å²) in [5, 5.41) is 32.3. The number of hydrogen-bond donors (Lipinski definition) is 2. The first-order valence-electron chi connectivity index (χ1n) is 11.0. The first-order valence-corrected chi connectivity index (χ1v) is 11.0. The smallest absolute Gasteiger partial charge is 0.251 e. The molecule has 5 rings (SSSR count). The van der Waals surface area contributed by atoms with E-state index in [-0.39, 0.29) is 11.3 Å². The average Bonchev–Trinajstić information content (AvgIpc) is 3.31. The third-order valence-electron chi connectivity index (χ3n) is 6.44. The number of aromatic nitrogens is 3. The first-order chi connectivity index (χ1) is 16.8. The van der Waals surface area contributed by atoms with Gasteiger partial charge < -0.3 is 19.3 Å². The second kappa shape index (κ2) is 8.28. The summed E-state index contributed by atoms with van der Waals surface area (Å²) in [7, 11) is 3.50. The van der Waals surface area contributed by atoms with Gasteiger partial charge in [-0.15, -0.1) is 0 Å². The van der Waals surface area contributed by atoms with Crippen molar-refractivity contribution in [3.8, 4) is 22.9 Å². The van der Waals surface area contributed by atoms with Crippen LogP contribution >= 0.6 is 0 Å². The van der Waals surface area contributed by atoms with Gasteiger partial charge in [0.25, 0.3) is 5.56 Å². The number of aromatic hydroxyl groups is 1. The number of nitriles is 1. The van der Waals surface area contributed by atoms with Crippen LogP contribution in [0.4, 0.5) is 0 Å². The summed E-state index contributed by atoms with van der Waals surface area (Å²) in [6.07, 6.45) is 3.23. The van der Waals surface area contributed by atoms with E-state index in [0.717, 1.165) is 5.39 Å². The zero-order chi connectivity index (χ0) is 24.7. The minimum Gasteiger partial charge on any atom is -0.508 e. The monoisotopic (exact) mass is 462 g/mol. The fourth-order valence-corrected chi connectivity index (χ4v) is 4.55. The molecule has 172 valence electrons. The van der Waals surface area contributed by atoms with Crippen LogP contribution in [0.25, 0.3) is 22.0 Å². The van der Waals surface area contributed by atoms with Crippen LogP contribution in [0.3, 0.4) is 0 Å². The molecule has 0 fully saturated rings. The van der Waals surface area contributed by atoms with E-state index in [0.29, 0.717) is 39.0 Å². The van der Waals surface area contributed by atoms with Gasteiger partial charge in [-0.25, -0.2) is 4.98 Å². The van der Waals surface area contributed by atoms with Crippen LogP contribution < -0.4 is 5.56 Å². The highest BCUT2D eigenvalue weighted by Gasteiger charge is 2.37. The Labute approximate surface area is 201 Å². The number of aliphatic hydroxyl groups is 1. The van der Waals surface area contributed by atoms with Crippen LogP contribution in [0, 0.1) is 11.3 Å². The lowest BCUT2D eigenvalue weighted by molar-refractivity contribution is 0.117. The van der Waals surface area contributed by atoms with E-state index in [1.165, 1.54) is 6.07 Å². The molecule has 3 aromatic carbocycles. The molecule has 0 aliphatic carbocycles. The highest BCUT2D eigenvalue weighted by atomic mass is 16.3. The minimum absolute atomic E-state index is 0.0939. The fraction of sp³-hybridized carbons (Fsp3) is 0.107. The molecule has 0 aliphatic heterocycles. The first kappa shape index (κ1) is 22.1. The lowest BCUT2D eigenvalue weighted by atomic mass is 9.82. The van der Waals surface area contributed by atoms with Gasteiger partial charge in [0.1, 0.15) is 5.75 Å². The molecule has 0 unspecified atom stereocenters. The summed E-state index contributed by atoms with van der Waals surface area (Å²) >= 11 is 0. The number of phenols is 1. The van der Waals surface area contributed by atoms with Gasteiger partial charge in [-0.1, -0.05) is 30.3 Å². The SMILES string of the molecule is Cn1cncc1[C@@](O)(c1ccc(C#N)cc1)c1ccc2c(c1)c(-c1cccc(O)c1)cc(=O)n2C. The van der Waals surface area contributed by atoms with Crippen LogP contribution in [-0.4, -0.2) is 24.3 Å². The van der Waals surface area contributed by atoms with E-state index in [2.05, 4.69) is 11.1 Å². The molecule has 2 heterocycles. The lowest BCUT2D eigenvalue weighted by Crippen LogP contribution is -2.31. The number of aryl methyl sites for hydroxylation is 2. The number of phenolic OH excluding ortho intramolecular Hbond substituents is 1. The van der Waals surface area contributed by atoms with Gasteiger partial charge in [0.05, 0.1) is 35.4 Å². The highest BCUT2D eigenvalue weighted by molar-refractivity contribution is 5.95. The van der Waals surface area contributed by atoms with Gasteiger partial charge in [0.2, 0.25) is 0 Å². The van der Waals surface area contributed by atoms with Crippen molar-refractivity contribution in [2.75, 3.05) is 0 Å². The molecule has 2 aromatic heterocycles. The molecular formula is C28H22N4O3. The van der Waals surface area contributed by atoms with Crippen molar-refractivity contribution < 1.29 is 10.2 Å². The summed E-state index contributed by atoms with van der Waals surface area (Å²) < 4.78 is 3.30. The third-order valence-corrected chi connectivity index (χ3v) is 6.44. The zero-order valence-corrected chi connectivity index (χ0v) is 19.2. The summed E-state index contributed by atoms with van der Waals surface area (Å²) in [4.78, 5) is 16.9. The second-order valence-corrected chi connectivity index (χ2v) is 8.53. The Hall–Kier alpha value is -4.67. The Morgan fingerprint density at radius 3 is 2.37 bits per heavy atom. The molecule has 7 heteroatoms. The number of nitrogens with zero attached hydrogens (tertiary/aromatic N) is 4. The van der Waals surface area contributed by atoms with Crippen LogP contribution in [0.15, 0.2) is 90.1 Å². The molecule has 35 heavy (non-hydrogen) atoms. The standard InChI is InChI=1S/C28H22N4O3/c1-31-17-30-16-26(31)28(35,20-8-6-18(15-29)7-9-20)21-10-11-25-24(13-21)23(14-27(34)32(25)2)19-4-3-5-22(33)12-19/h3-14,16-17,33,35H,1-2H3/t28-/m1/s1. The maximum atomic E-state index is 12.7. The number of hydrogen-bond acceptors (Lipinski definition) is 5. The average molecular weight is 463 g/mol. The Balaban J connectivity index is 1.83. The lowest BCUT2D eigenvalue weighted by Gasteiger charge is -2.30. The Morgan fingerprint density at radius 1 is 0.971 bits per heavy atom. The largest absolute Gasteiger partial charge is 0.508 e. The summed E-state index contributed by atoms with van der Waals surface area (Å²) in [5.41, 5.74) is 2.43. The molecule has 7 nitrogen and oxygen atoms in total. The van der Waals surface area contributed by atoms with E-state index >= 15 is 0 Å². The van der Waals surface area contributed by atoms with Crippen LogP contribution in [0.1, 0.15) is 22.4 Å². The molecule has 2 N–H and O–H groups in total. The third kappa shape index (κ3) is 3.57. The van der Waals surface area contributed by atoms with E-state index in [1.807, 2.05) is 18.2 Å². The van der Waals surface area contributed by atoms with Crippen LogP contribution in [0.2, 0.25) is 0 Å². The van der Waals surface area contributed by atoms with Gasteiger partial charge in [0.15, 0.2) is 5.60 Å². The predicted octanol–water partition coefficient (Wildman–Crippen LogP) is 3.80. The summed E-state index contributed by atoms with van der Waals surface area (Å²) in [5.74, 6) is 0.0939. The molecule has 5 aromatic rings. The van der Waals surface area contributed by atoms with Crippen molar-refractivity contribution in [1.29, 1.82) is 5.26 Å². The van der Waals surface area contributed by atoms with Crippen molar-refractivity contribution in [2.45, 2.75) is 5.60 Å². The Kier molecular flexibility index (Phi) is 5.24. The zero-order valence-electron chi connectivity index (χ0n) is 19.2. The quantitative estimate of drug-likeness (QED) is 0.423. The summed E-state index contributed by atoms with van der Waals surface area (Å²) in [6.45, 7) is 0. The molecule has 0 saturated carbocycles. The molecular weight excluding hydrogens is 440 g/mol. The molecule has 0 bridgehead atoms. The van der Waals surface area contributed by atoms with Crippen molar-refractivity contribution in [3.05, 3.63) is 118 Å². The van der Waals surface area contributed by atoms with E-state index in [9.17, 15) is 20.3 Å². The molecule has 0 saturated heterocycles. The molecule has 0 aliphatic rings. The minimum atomic E-state index is -1.59. The molecule has 0 spiro atoms. The maximum Gasteiger partial charge on any atom is 0.251 e. The van der Waals surface area contributed by atoms with E-state index in [4.69, 9.17) is 0 Å². The van der Waals surface area contributed by atoms with Gasteiger partial charge in [-0.05, 0) is 58.7 Å². The topological polar surface area (TPSA) is 104 Å². The molecule has 0 amide bonds. The van der Waals surface area contributed by atoms with Gasteiger partial charge >= 0.3 is 0 Å². The maximum absolute atomic E-state index is 12.7. The van der Waals surface area contributed by atoms with E-state index < -0.39 is 5.60 Å². The number of rotatable bonds is 4. The van der Waals surface area contributed by atoms with Crippen molar-refractivity contribution in [2.24, 2.45) is 14.1 Å². The number of fused-ring (bicyclic) bond motifs is 1. The summed E-state index contributed by atoms with van der Waals surface area (Å²) in [6, 6.07) is 22.6. The van der Waals surface area contributed by atoms with Crippen LogP contribution in [0.5, 0.6) is 5.75 Å². The van der Waals surface area contributed by atoms with E-state index in [1.54, 1.807) is 84.3 Å².